The van der Waals surface area contributed by atoms with Crippen molar-refractivity contribution in [3.8, 4) is 66.8 Å². The van der Waals surface area contributed by atoms with Crippen molar-refractivity contribution in [3.05, 3.63) is 304 Å². The molecule has 2 spiro atoms. The van der Waals surface area contributed by atoms with Gasteiger partial charge in [0.05, 0.1) is 16.5 Å². The lowest BCUT2D eigenvalue weighted by Gasteiger charge is -2.33. The van der Waals surface area contributed by atoms with Gasteiger partial charge in [-0.2, -0.15) is 0 Å². The zero-order valence-electron chi connectivity index (χ0n) is 40.1. The molecule has 0 fully saturated rings. The molecule has 1 nitrogen and oxygen atoms in total. The summed E-state index contributed by atoms with van der Waals surface area (Å²) in [4.78, 5) is 2.58. The highest BCUT2D eigenvalue weighted by Gasteiger charge is 2.53. The zero-order chi connectivity index (χ0) is 47.5. The molecular weight excluding hydrogens is 867 g/mol. The SMILES string of the molecule is CC1(C)c2ccccc2-c2c(-c3ccccc3N(c3ccc4c(c3)-c3ccccc3C43c4ccccc4-c4ccccc43)c3ccc4c(c3)C3(c5ccccc5-c5ccccc53)c3ccccc3-4)cccc21. The number of para-hydroxylation sites is 1. The number of anilines is 3. The fraction of sp³-hybridized carbons (Fsp3) is 0.0704. The van der Waals surface area contributed by atoms with E-state index >= 15 is 0 Å². The third-order valence-electron chi connectivity index (χ3n) is 17.5. The Kier molecular flexibility index (Phi) is 7.88. The van der Waals surface area contributed by atoms with Gasteiger partial charge in [0, 0.05) is 22.4 Å². The van der Waals surface area contributed by atoms with E-state index in [2.05, 4.69) is 267 Å². The maximum Gasteiger partial charge on any atom is 0.0726 e. The summed E-state index contributed by atoms with van der Waals surface area (Å²) < 4.78 is 0. The van der Waals surface area contributed by atoms with Crippen molar-refractivity contribution < 1.29 is 0 Å². The Morgan fingerprint density at radius 1 is 0.236 bits per heavy atom. The lowest BCUT2D eigenvalue weighted by molar-refractivity contribution is 0.660. The van der Waals surface area contributed by atoms with Crippen molar-refractivity contribution in [2.24, 2.45) is 0 Å². The van der Waals surface area contributed by atoms with Crippen LogP contribution in [0.15, 0.2) is 249 Å². The van der Waals surface area contributed by atoms with E-state index in [4.69, 9.17) is 0 Å². The normalized spacial score (nSPS) is 15.1. The first-order chi connectivity index (χ1) is 35.5. The Labute approximate surface area is 421 Å². The van der Waals surface area contributed by atoms with Gasteiger partial charge in [-0.3, -0.25) is 0 Å². The summed E-state index contributed by atoms with van der Waals surface area (Å²) in [7, 11) is 0. The highest BCUT2D eigenvalue weighted by molar-refractivity contribution is 6.02. The molecule has 336 valence electrons. The second-order valence-corrected chi connectivity index (χ2v) is 21.0. The van der Waals surface area contributed by atoms with E-state index in [0.29, 0.717) is 0 Å². The Hall–Kier alpha value is -8.78. The van der Waals surface area contributed by atoms with Gasteiger partial charge in [0.15, 0.2) is 0 Å². The standard InChI is InChI=1S/C71H47N/c1-69(2)57-29-11-9-27-55(57)68-54(28-19-36-65(68)69)53-26-10-18-37-67(53)72(44-39-41-64-56(42-44)51-25-8-17-35-63(51)70(64)58-30-12-3-20-46(58)47-21-4-13-31-59(47)70)45-38-40-52-50-24-7-16-34-62(50)71(66(52)43-45)60-32-14-5-22-48(60)49-23-6-15-33-61(49)71/h3-43H,1-2H3. The molecule has 1 heteroatoms. The van der Waals surface area contributed by atoms with E-state index < -0.39 is 10.8 Å². The van der Waals surface area contributed by atoms with Gasteiger partial charge in [-0.1, -0.05) is 232 Å². The molecule has 0 atom stereocenters. The minimum absolute atomic E-state index is 0.130. The molecule has 0 saturated heterocycles. The lowest BCUT2D eigenvalue weighted by atomic mass is 9.70. The van der Waals surface area contributed by atoms with Gasteiger partial charge < -0.3 is 4.90 Å². The van der Waals surface area contributed by atoms with Crippen LogP contribution < -0.4 is 4.90 Å². The molecule has 0 heterocycles. The first-order valence-corrected chi connectivity index (χ1v) is 25.5. The Bertz CT molecular complexity index is 4060. The molecule has 0 saturated carbocycles. The zero-order valence-corrected chi connectivity index (χ0v) is 40.1. The van der Waals surface area contributed by atoms with Gasteiger partial charge in [-0.05, 0) is 147 Å². The van der Waals surface area contributed by atoms with Crippen LogP contribution >= 0.6 is 0 Å². The van der Waals surface area contributed by atoms with Crippen molar-refractivity contribution in [1.29, 1.82) is 0 Å². The van der Waals surface area contributed by atoms with E-state index in [1.54, 1.807) is 0 Å². The molecule has 0 radical (unpaired) electrons. The maximum atomic E-state index is 2.58. The van der Waals surface area contributed by atoms with Crippen molar-refractivity contribution in [2.75, 3.05) is 4.90 Å². The van der Waals surface area contributed by atoms with Crippen LogP contribution in [0.5, 0.6) is 0 Å². The van der Waals surface area contributed by atoms with Crippen molar-refractivity contribution in [2.45, 2.75) is 30.1 Å². The van der Waals surface area contributed by atoms with Crippen LogP contribution in [-0.2, 0) is 16.2 Å². The molecule has 5 aliphatic carbocycles. The minimum atomic E-state index is -0.484. The summed E-state index contributed by atoms with van der Waals surface area (Å²) in [6, 6.07) is 94.7. The van der Waals surface area contributed by atoms with Crippen LogP contribution in [0.1, 0.15) is 69.5 Å². The number of benzene rings is 11. The molecule has 0 bridgehead atoms. The Morgan fingerprint density at radius 2 is 0.583 bits per heavy atom. The third-order valence-corrected chi connectivity index (χ3v) is 17.5. The number of rotatable bonds is 4. The van der Waals surface area contributed by atoms with Gasteiger partial charge in [-0.25, -0.2) is 0 Å². The summed E-state index contributed by atoms with van der Waals surface area (Å²) in [5, 5.41) is 0. The molecular formula is C71H47N. The average molecular weight is 914 g/mol. The third kappa shape index (κ3) is 4.79. The van der Waals surface area contributed by atoms with E-state index in [1.807, 2.05) is 0 Å². The van der Waals surface area contributed by atoms with Crippen molar-refractivity contribution in [3.63, 3.8) is 0 Å². The van der Waals surface area contributed by atoms with Gasteiger partial charge in [0.1, 0.15) is 0 Å². The van der Waals surface area contributed by atoms with E-state index in [-0.39, 0.29) is 5.41 Å². The number of fused-ring (bicyclic) bond motifs is 23. The smallest absolute Gasteiger partial charge is 0.0726 e. The lowest BCUT2D eigenvalue weighted by Crippen LogP contribution is -2.26. The van der Waals surface area contributed by atoms with E-state index in [1.165, 1.54) is 122 Å². The monoisotopic (exact) mass is 913 g/mol. The van der Waals surface area contributed by atoms with Crippen LogP contribution in [0.2, 0.25) is 0 Å². The van der Waals surface area contributed by atoms with E-state index in [0.717, 1.165) is 17.1 Å². The first kappa shape index (κ1) is 40.0. The van der Waals surface area contributed by atoms with Gasteiger partial charge in [-0.15, -0.1) is 0 Å². The summed E-state index contributed by atoms with van der Waals surface area (Å²) >= 11 is 0. The largest absolute Gasteiger partial charge is 0.310 e. The number of hydrogen-bond donors (Lipinski definition) is 0. The molecule has 0 aromatic heterocycles. The molecule has 16 rings (SSSR count). The molecule has 0 aliphatic heterocycles. The topological polar surface area (TPSA) is 3.24 Å². The van der Waals surface area contributed by atoms with Crippen LogP contribution in [0, 0.1) is 0 Å². The average Bonchev–Trinajstić information content (AvgIpc) is 4.17. The molecule has 11 aromatic rings. The Morgan fingerprint density at radius 3 is 1.11 bits per heavy atom. The van der Waals surface area contributed by atoms with Gasteiger partial charge >= 0.3 is 0 Å². The second kappa shape index (κ2) is 14.2. The number of nitrogens with zero attached hydrogens (tertiary/aromatic N) is 1. The van der Waals surface area contributed by atoms with E-state index in [9.17, 15) is 0 Å². The molecule has 72 heavy (non-hydrogen) atoms. The maximum absolute atomic E-state index is 2.58. The van der Waals surface area contributed by atoms with Gasteiger partial charge in [0.2, 0.25) is 0 Å². The van der Waals surface area contributed by atoms with Crippen molar-refractivity contribution in [1.82, 2.24) is 0 Å². The molecule has 0 N–H and O–H groups in total. The minimum Gasteiger partial charge on any atom is -0.310 e. The summed E-state index contributed by atoms with van der Waals surface area (Å²) in [5.74, 6) is 0. The molecule has 0 unspecified atom stereocenters. The first-order valence-electron chi connectivity index (χ1n) is 25.5. The summed E-state index contributed by atoms with van der Waals surface area (Å²) in [5.41, 5.74) is 31.4. The fourth-order valence-corrected chi connectivity index (χ4v) is 14.8. The van der Waals surface area contributed by atoms with Crippen LogP contribution in [0.25, 0.3) is 66.8 Å². The van der Waals surface area contributed by atoms with Crippen LogP contribution in [0.3, 0.4) is 0 Å². The fourth-order valence-electron chi connectivity index (χ4n) is 14.8. The molecule has 11 aromatic carbocycles. The molecule has 5 aliphatic rings. The predicted octanol–water partition coefficient (Wildman–Crippen LogP) is 17.8. The Balaban J connectivity index is 0.984. The predicted molar refractivity (Wildman–Crippen MR) is 297 cm³/mol. The highest BCUT2D eigenvalue weighted by atomic mass is 15.1. The van der Waals surface area contributed by atoms with Crippen LogP contribution in [-0.4, -0.2) is 0 Å². The quantitative estimate of drug-likeness (QED) is 0.170. The summed E-state index contributed by atoms with van der Waals surface area (Å²) in [6.07, 6.45) is 0. The van der Waals surface area contributed by atoms with Gasteiger partial charge in [0.25, 0.3) is 0 Å². The number of hydrogen-bond acceptors (Lipinski definition) is 1. The van der Waals surface area contributed by atoms with Crippen molar-refractivity contribution >= 4 is 17.1 Å². The molecule has 0 amide bonds. The second-order valence-electron chi connectivity index (χ2n) is 21.0. The highest BCUT2D eigenvalue weighted by Crippen LogP contribution is 2.66. The van der Waals surface area contributed by atoms with Crippen LogP contribution in [0.4, 0.5) is 17.1 Å². The summed E-state index contributed by atoms with van der Waals surface area (Å²) in [6.45, 7) is 4.77.